The van der Waals surface area contributed by atoms with Crippen LogP contribution in [0, 0.1) is 6.92 Å². The van der Waals surface area contributed by atoms with Crippen LogP contribution in [0.15, 0.2) is 24.3 Å². The number of hydrogen-bond acceptors (Lipinski definition) is 3. The van der Waals surface area contributed by atoms with Gasteiger partial charge >= 0.3 is 0 Å². The van der Waals surface area contributed by atoms with Gasteiger partial charge in [-0.2, -0.15) is 0 Å². The molecule has 4 nitrogen and oxygen atoms in total. The van der Waals surface area contributed by atoms with Crippen LogP contribution in [0.25, 0.3) is 0 Å². The topological polar surface area (TPSA) is 47.6 Å². The predicted octanol–water partition coefficient (Wildman–Crippen LogP) is 2.70. The van der Waals surface area contributed by atoms with Crippen LogP contribution >= 0.6 is 0 Å². The van der Waals surface area contributed by atoms with Crippen molar-refractivity contribution in [1.29, 1.82) is 0 Å². The van der Waals surface area contributed by atoms with Gasteiger partial charge in [-0.3, -0.25) is 4.79 Å². The van der Waals surface area contributed by atoms with Gasteiger partial charge in [0.2, 0.25) is 5.91 Å². The van der Waals surface area contributed by atoms with E-state index in [1.807, 2.05) is 45.0 Å². The summed E-state index contributed by atoms with van der Waals surface area (Å²) >= 11 is 0. The summed E-state index contributed by atoms with van der Waals surface area (Å²) in [5.74, 6) is 0.940. The Morgan fingerprint density at radius 1 is 1.15 bits per heavy atom. The number of aryl methyl sites for hydroxylation is 1. The molecular weight excluding hydrogens is 254 g/mol. The van der Waals surface area contributed by atoms with Crippen LogP contribution in [-0.4, -0.2) is 31.8 Å². The quantitative estimate of drug-likeness (QED) is 0.707. The van der Waals surface area contributed by atoms with Crippen LogP contribution in [-0.2, 0) is 9.53 Å². The highest BCUT2D eigenvalue weighted by atomic mass is 16.5. The van der Waals surface area contributed by atoms with E-state index >= 15 is 0 Å². The van der Waals surface area contributed by atoms with Gasteiger partial charge in [-0.25, -0.2) is 0 Å². The number of carbonyl (C=O) groups excluding carboxylic acids is 1. The van der Waals surface area contributed by atoms with Crippen LogP contribution in [0.3, 0.4) is 0 Å². The van der Waals surface area contributed by atoms with Gasteiger partial charge in [0, 0.05) is 19.1 Å². The molecule has 0 saturated heterocycles. The van der Waals surface area contributed by atoms with Gasteiger partial charge in [0.15, 0.2) is 0 Å². The van der Waals surface area contributed by atoms with Crippen molar-refractivity contribution in [3.63, 3.8) is 0 Å². The molecule has 4 heteroatoms. The van der Waals surface area contributed by atoms with Crippen molar-refractivity contribution in [1.82, 2.24) is 5.32 Å². The highest BCUT2D eigenvalue weighted by Crippen LogP contribution is 2.10. The fourth-order valence-corrected chi connectivity index (χ4v) is 1.68. The lowest BCUT2D eigenvalue weighted by Gasteiger charge is -2.09. The van der Waals surface area contributed by atoms with E-state index < -0.39 is 0 Å². The van der Waals surface area contributed by atoms with Gasteiger partial charge in [-0.05, 0) is 39.3 Å². The number of ether oxygens (including phenoxy) is 2. The number of nitrogens with one attached hydrogen (secondary N) is 1. The number of rotatable bonds is 9. The highest BCUT2D eigenvalue weighted by molar-refractivity contribution is 5.76. The minimum absolute atomic E-state index is 0.0829. The molecule has 112 valence electrons. The molecule has 0 aliphatic carbocycles. The first-order chi connectivity index (χ1) is 9.58. The zero-order chi connectivity index (χ0) is 14.8. The third kappa shape index (κ3) is 7.79. The van der Waals surface area contributed by atoms with E-state index in [4.69, 9.17) is 9.47 Å². The van der Waals surface area contributed by atoms with E-state index in [9.17, 15) is 4.79 Å². The van der Waals surface area contributed by atoms with Gasteiger partial charge in [0.1, 0.15) is 12.4 Å². The molecule has 0 bridgehead atoms. The molecule has 0 fully saturated rings. The summed E-state index contributed by atoms with van der Waals surface area (Å²) in [5.41, 5.74) is 1.22. The van der Waals surface area contributed by atoms with Gasteiger partial charge < -0.3 is 14.8 Å². The van der Waals surface area contributed by atoms with Crippen molar-refractivity contribution in [2.24, 2.45) is 0 Å². The standard InChI is InChI=1S/C16H25NO3/c1-13(2)17-16(18)5-4-10-19-11-12-20-15-8-6-14(3)7-9-15/h6-9,13H,4-5,10-12H2,1-3H3,(H,17,18). The normalized spacial score (nSPS) is 10.6. The van der Waals surface area contributed by atoms with E-state index in [1.165, 1.54) is 5.56 Å². The summed E-state index contributed by atoms with van der Waals surface area (Å²) in [5, 5.41) is 2.85. The van der Waals surface area contributed by atoms with Crippen LogP contribution in [0.4, 0.5) is 0 Å². The molecule has 1 aromatic carbocycles. The second kappa shape index (κ2) is 9.37. The minimum Gasteiger partial charge on any atom is -0.491 e. The molecule has 1 N–H and O–H groups in total. The molecule has 0 atom stereocenters. The Balaban J connectivity index is 1.97. The zero-order valence-electron chi connectivity index (χ0n) is 12.6. The SMILES string of the molecule is Cc1ccc(OCCOCCCC(=O)NC(C)C)cc1. The van der Waals surface area contributed by atoms with Crippen LogP contribution in [0.2, 0.25) is 0 Å². The fraction of sp³-hybridized carbons (Fsp3) is 0.562. The summed E-state index contributed by atoms with van der Waals surface area (Å²) in [6, 6.07) is 8.14. The molecule has 0 spiro atoms. The molecule has 1 aromatic rings. The highest BCUT2D eigenvalue weighted by Gasteiger charge is 2.02. The van der Waals surface area contributed by atoms with Crippen LogP contribution < -0.4 is 10.1 Å². The lowest BCUT2D eigenvalue weighted by molar-refractivity contribution is -0.121. The van der Waals surface area contributed by atoms with Crippen molar-refractivity contribution < 1.29 is 14.3 Å². The molecule has 0 radical (unpaired) electrons. The smallest absolute Gasteiger partial charge is 0.220 e. The maximum Gasteiger partial charge on any atom is 0.220 e. The Morgan fingerprint density at radius 2 is 1.85 bits per heavy atom. The van der Waals surface area contributed by atoms with E-state index in [-0.39, 0.29) is 11.9 Å². The van der Waals surface area contributed by atoms with Gasteiger partial charge in [-0.1, -0.05) is 17.7 Å². The average molecular weight is 279 g/mol. The van der Waals surface area contributed by atoms with Gasteiger partial charge in [0.25, 0.3) is 0 Å². The first-order valence-corrected chi connectivity index (χ1v) is 7.14. The number of benzene rings is 1. The molecule has 0 aliphatic rings. The van der Waals surface area contributed by atoms with Crippen LogP contribution in [0.1, 0.15) is 32.3 Å². The average Bonchev–Trinajstić information content (AvgIpc) is 2.39. The second-order valence-corrected chi connectivity index (χ2v) is 5.10. The zero-order valence-corrected chi connectivity index (χ0v) is 12.6. The summed E-state index contributed by atoms with van der Waals surface area (Å²) in [7, 11) is 0. The third-order valence-corrected chi connectivity index (χ3v) is 2.66. The predicted molar refractivity (Wildman–Crippen MR) is 80.0 cm³/mol. The third-order valence-electron chi connectivity index (χ3n) is 2.66. The maximum absolute atomic E-state index is 11.4. The monoisotopic (exact) mass is 279 g/mol. The molecule has 0 aromatic heterocycles. The first-order valence-electron chi connectivity index (χ1n) is 7.14. The number of hydrogen-bond donors (Lipinski definition) is 1. The first kappa shape index (κ1) is 16.5. The minimum atomic E-state index is 0.0829. The lowest BCUT2D eigenvalue weighted by Crippen LogP contribution is -2.30. The molecule has 0 unspecified atom stereocenters. The Kier molecular flexibility index (Phi) is 7.73. The van der Waals surface area contributed by atoms with Gasteiger partial charge in [0.05, 0.1) is 6.61 Å². The molecule has 0 saturated carbocycles. The maximum atomic E-state index is 11.4. The number of carbonyl (C=O) groups is 1. The molecular formula is C16H25NO3. The Bertz CT molecular complexity index is 387. The van der Waals surface area contributed by atoms with E-state index in [0.29, 0.717) is 26.2 Å². The summed E-state index contributed by atoms with van der Waals surface area (Å²) in [4.78, 5) is 11.4. The van der Waals surface area contributed by atoms with E-state index in [0.717, 1.165) is 12.2 Å². The number of amides is 1. The van der Waals surface area contributed by atoms with Gasteiger partial charge in [-0.15, -0.1) is 0 Å². The lowest BCUT2D eigenvalue weighted by atomic mass is 10.2. The van der Waals surface area contributed by atoms with Crippen LogP contribution in [0.5, 0.6) is 5.75 Å². The summed E-state index contributed by atoms with van der Waals surface area (Å²) in [6.07, 6.45) is 1.25. The summed E-state index contributed by atoms with van der Waals surface area (Å²) in [6.45, 7) is 7.61. The van der Waals surface area contributed by atoms with E-state index in [2.05, 4.69) is 5.32 Å². The largest absolute Gasteiger partial charge is 0.491 e. The molecule has 1 rings (SSSR count). The Labute approximate surface area is 121 Å². The summed E-state index contributed by atoms with van der Waals surface area (Å²) < 4.78 is 11.0. The molecule has 0 heterocycles. The van der Waals surface area contributed by atoms with Crippen molar-refractivity contribution in [3.05, 3.63) is 29.8 Å². The van der Waals surface area contributed by atoms with Crippen molar-refractivity contribution >= 4 is 5.91 Å². The fourth-order valence-electron chi connectivity index (χ4n) is 1.68. The molecule has 0 aliphatic heterocycles. The van der Waals surface area contributed by atoms with E-state index in [1.54, 1.807) is 0 Å². The molecule has 20 heavy (non-hydrogen) atoms. The second-order valence-electron chi connectivity index (χ2n) is 5.10. The Hall–Kier alpha value is -1.55. The van der Waals surface area contributed by atoms with Crippen molar-refractivity contribution in [2.75, 3.05) is 19.8 Å². The Morgan fingerprint density at radius 3 is 2.50 bits per heavy atom. The molecule has 1 amide bonds. The van der Waals surface area contributed by atoms with Crippen molar-refractivity contribution in [3.8, 4) is 5.75 Å². The van der Waals surface area contributed by atoms with Crippen molar-refractivity contribution in [2.45, 2.75) is 39.7 Å².